The quantitative estimate of drug-likeness (QED) is 0.314. The van der Waals surface area contributed by atoms with Crippen molar-refractivity contribution in [2.75, 3.05) is 0 Å². The molecule has 0 aliphatic carbocycles. The molecule has 3 aromatic carbocycles. The maximum absolute atomic E-state index is 12.7. The number of nitrogens with zero attached hydrogens (tertiary/aromatic N) is 1. The molecule has 0 aliphatic heterocycles. The predicted molar refractivity (Wildman–Crippen MR) is 105 cm³/mol. The van der Waals surface area contributed by atoms with Crippen molar-refractivity contribution in [3.8, 4) is 17.2 Å². The van der Waals surface area contributed by atoms with Crippen molar-refractivity contribution in [2.24, 2.45) is 5.10 Å². The number of benzene rings is 3. The van der Waals surface area contributed by atoms with Gasteiger partial charge in [-0.2, -0.15) is 22.7 Å². The molecular weight excluding hydrogens is 420 g/mol. The fourth-order valence-electron chi connectivity index (χ4n) is 2.84. The van der Waals surface area contributed by atoms with Gasteiger partial charge >= 0.3 is 13.2 Å². The Morgan fingerprint density at radius 2 is 1.58 bits per heavy atom. The summed E-state index contributed by atoms with van der Waals surface area (Å²) in [7, 11) is 0. The molecule has 0 aliphatic rings. The van der Waals surface area contributed by atoms with Crippen LogP contribution in [0.25, 0.3) is 10.8 Å². The molecule has 0 spiro atoms. The van der Waals surface area contributed by atoms with Gasteiger partial charge in [-0.1, -0.05) is 24.3 Å². The van der Waals surface area contributed by atoms with Gasteiger partial charge in [0.05, 0.1) is 11.3 Å². The number of hydrogen-bond acceptors (Lipinski definition) is 5. The van der Waals surface area contributed by atoms with Crippen molar-refractivity contribution in [1.29, 1.82) is 0 Å². The van der Waals surface area contributed by atoms with Crippen LogP contribution in [0, 0.1) is 0 Å². The van der Waals surface area contributed by atoms with Gasteiger partial charge in [0.1, 0.15) is 17.2 Å². The van der Waals surface area contributed by atoms with Crippen molar-refractivity contribution in [3.05, 3.63) is 65.7 Å². The van der Waals surface area contributed by atoms with Crippen LogP contribution in [0.2, 0.25) is 0 Å². The highest BCUT2D eigenvalue weighted by atomic mass is 19.3. The lowest BCUT2D eigenvalue weighted by molar-refractivity contribution is -0.0543. The largest absolute Gasteiger partial charge is 0.507 e. The van der Waals surface area contributed by atoms with Crippen molar-refractivity contribution >= 4 is 22.4 Å². The van der Waals surface area contributed by atoms with E-state index in [1.54, 1.807) is 24.3 Å². The fraction of sp³-hybridized carbons (Fsp3) is 0.143. The molecule has 0 saturated heterocycles. The Balaban J connectivity index is 1.85. The van der Waals surface area contributed by atoms with Gasteiger partial charge in [0.15, 0.2) is 0 Å². The van der Waals surface area contributed by atoms with Crippen molar-refractivity contribution in [2.45, 2.75) is 20.1 Å². The third-order valence-electron chi connectivity index (χ3n) is 4.22. The minimum Gasteiger partial charge on any atom is -0.507 e. The van der Waals surface area contributed by atoms with Crippen LogP contribution in [-0.4, -0.2) is 29.9 Å². The third kappa shape index (κ3) is 5.41. The minimum absolute atomic E-state index is 0.0185. The number of amides is 1. The topological polar surface area (TPSA) is 80.2 Å². The van der Waals surface area contributed by atoms with Crippen LogP contribution in [0.15, 0.2) is 59.7 Å². The summed E-state index contributed by atoms with van der Waals surface area (Å²) >= 11 is 0. The molecule has 0 saturated carbocycles. The van der Waals surface area contributed by atoms with Gasteiger partial charge in [0, 0.05) is 11.6 Å². The maximum atomic E-state index is 12.7. The lowest BCUT2D eigenvalue weighted by Gasteiger charge is -2.13. The van der Waals surface area contributed by atoms with E-state index < -0.39 is 24.9 Å². The summed E-state index contributed by atoms with van der Waals surface area (Å²) in [5.41, 5.74) is 2.25. The van der Waals surface area contributed by atoms with Crippen LogP contribution in [-0.2, 0) is 0 Å². The van der Waals surface area contributed by atoms with Crippen molar-refractivity contribution in [3.63, 3.8) is 0 Å². The van der Waals surface area contributed by atoms with Gasteiger partial charge in [-0.05, 0) is 42.0 Å². The average molecular weight is 436 g/mol. The highest BCUT2D eigenvalue weighted by Crippen LogP contribution is 2.28. The van der Waals surface area contributed by atoms with Crippen LogP contribution < -0.4 is 14.9 Å². The molecule has 0 fully saturated rings. The second-order valence-electron chi connectivity index (χ2n) is 6.27. The van der Waals surface area contributed by atoms with Gasteiger partial charge in [-0.3, -0.25) is 4.79 Å². The van der Waals surface area contributed by atoms with Crippen molar-refractivity contribution in [1.82, 2.24) is 5.43 Å². The number of carbonyl (C=O) groups is 1. The summed E-state index contributed by atoms with van der Waals surface area (Å²) in [6, 6.07) is 13.2. The fourth-order valence-corrected chi connectivity index (χ4v) is 2.84. The number of rotatable bonds is 7. The van der Waals surface area contributed by atoms with E-state index in [0.29, 0.717) is 5.39 Å². The molecule has 10 heteroatoms. The predicted octanol–water partition coefficient (Wildman–Crippen LogP) is 4.90. The standard InChI is InChI=1S/C21H16F4N2O4/c1-11(15-7-6-14(30-20(22)23)10-18(15)31-21(24)25)26-27-19(29)16-8-12-4-2-3-5-13(12)9-17(16)28/h2-10,20-21,28H,1H3,(H,27,29). The van der Waals surface area contributed by atoms with E-state index in [2.05, 4.69) is 20.0 Å². The Bertz CT molecular complexity index is 1140. The molecular formula is C21H16F4N2O4. The first-order valence-corrected chi connectivity index (χ1v) is 8.85. The Morgan fingerprint density at radius 1 is 0.935 bits per heavy atom. The molecule has 31 heavy (non-hydrogen) atoms. The second-order valence-corrected chi connectivity index (χ2v) is 6.27. The van der Waals surface area contributed by atoms with Gasteiger partial charge in [-0.15, -0.1) is 0 Å². The summed E-state index contributed by atoms with van der Waals surface area (Å²) < 4.78 is 58.7. The molecule has 3 rings (SSSR count). The van der Waals surface area contributed by atoms with Gasteiger partial charge in [-0.25, -0.2) is 5.43 Å². The zero-order valence-corrected chi connectivity index (χ0v) is 16.0. The number of fused-ring (bicyclic) bond motifs is 1. The number of hydrogen-bond donors (Lipinski definition) is 2. The molecule has 6 nitrogen and oxygen atoms in total. The summed E-state index contributed by atoms with van der Waals surface area (Å²) in [4.78, 5) is 12.5. The van der Waals surface area contributed by atoms with Crippen LogP contribution in [0.1, 0.15) is 22.8 Å². The Morgan fingerprint density at radius 3 is 2.23 bits per heavy atom. The van der Waals surface area contributed by atoms with Crippen LogP contribution in [0.5, 0.6) is 17.2 Å². The first kappa shape index (κ1) is 21.9. The monoisotopic (exact) mass is 436 g/mol. The van der Waals surface area contributed by atoms with E-state index in [0.717, 1.165) is 17.5 Å². The summed E-state index contributed by atoms with van der Waals surface area (Å²) in [5, 5.41) is 15.4. The second kappa shape index (κ2) is 9.33. The third-order valence-corrected chi connectivity index (χ3v) is 4.22. The van der Waals surface area contributed by atoms with Crippen LogP contribution in [0.4, 0.5) is 17.6 Å². The number of halogens is 4. The van der Waals surface area contributed by atoms with Gasteiger partial charge < -0.3 is 14.6 Å². The van der Waals surface area contributed by atoms with Crippen molar-refractivity contribution < 1.29 is 36.9 Å². The number of nitrogens with one attached hydrogen (secondary N) is 1. The number of phenols is 1. The Hall–Kier alpha value is -3.82. The Labute approximate surface area is 173 Å². The highest BCUT2D eigenvalue weighted by Gasteiger charge is 2.16. The molecule has 162 valence electrons. The molecule has 0 atom stereocenters. The average Bonchev–Trinajstić information content (AvgIpc) is 2.70. The van der Waals surface area contributed by atoms with E-state index in [4.69, 9.17) is 0 Å². The first-order valence-electron chi connectivity index (χ1n) is 8.85. The number of ether oxygens (including phenoxy) is 2. The number of carbonyl (C=O) groups excluding carboxylic acids is 1. The van der Waals surface area contributed by atoms with E-state index in [1.165, 1.54) is 25.1 Å². The summed E-state index contributed by atoms with van der Waals surface area (Å²) in [6.45, 7) is -4.98. The lowest BCUT2D eigenvalue weighted by atomic mass is 10.1. The molecule has 2 N–H and O–H groups in total. The smallest absolute Gasteiger partial charge is 0.387 e. The molecule has 0 aromatic heterocycles. The lowest BCUT2D eigenvalue weighted by Crippen LogP contribution is -2.20. The van der Waals surface area contributed by atoms with Gasteiger partial charge in [0.25, 0.3) is 5.91 Å². The summed E-state index contributed by atoms with van der Waals surface area (Å²) in [5.74, 6) is -1.85. The van der Waals surface area contributed by atoms with E-state index in [-0.39, 0.29) is 28.3 Å². The maximum Gasteiger partial charge on any atom is 0.387 e. The zero-order valence-electron chi connectivity index (χ0n) is 16.0. The Kier molecular flexibility index (Phi) is 6.58. The number of alkyl halides is 4. The van der Waals surface area contributed by atoms with E-state index in [9.17, 15) is 27.5 Å². The zero-order chi connectivity index (χ0) is 22.5. The molecule has 0 unspecified atom stereocenters. The SMILES string of the molecule is CC(=NNC(=O)c1cc2ccccc2cc1O)c1ccc(OC(F)F)cc1OC(F)F. The minimum atomic E-state index is -3.22. The summed E-state index contributed by atoms with van der Waals surface area (Å²) in [6.07, 6.45) is 0. The molecule has 0 heterocycles. The number of phenolic OH excluding ortho intramolecular Hbond substituents is 1. The highest BCUT2D eigenvalue weighted by molar-refractivity contribution is 6.04. The molecule has 3 aromatic rings. The normalized spacial score (nSPS) is 11.8. The first-order chi connectivity index (χ1) is 14.7. The van der Waals surface area contributed by atoms with Crippen LogP contribution >= 0.6 is 0 Å². The molecule has 0 radical (unpaired) electrons. The number of hydrazone groups is 1. The van der Waals surface area contributed by atoms with Gasteiger partial charge in [0.2, 0.25) is 0 Å². The molecule has 0 bridgehead atoms. The van der Waals surface area contributed by atoms with E-state index in [1.807, 2.05) is 0 Å². The van der Waals surface area contributed by atoms with E-state index >= 15 is 0 Å². The molecule has 1 amide bonds. The number of aromatic hydroxyl groups is 1. The van der Waals surface area contributed by atoms with Crippen LogP contribution in [0.3, 0.4) is 0 Å².